The molecule has 0 bridgehead atoms. The van der Waals surface area contributed by atoms with Gasteiger partial charge in [0.1, 0.15) is 33.9 Å². The Bertz CT molecular complexity index is 1440. The van der Waals surface area contributed by atoms with Gasteiger partial charge in [-0.25, -0.2) is 15.0 Å². The number of aliphatic hydroxyl groups excluding tert-OH is 3. The number of aliphatic hydroxyl groups is 3. The van der Waals surface area contributed by atoms with Gasteiger partial charge in [0.05, 0.1) is 12.9 Å². The van der Waals surface area contributed by atoms with Gasteiger partial charge in [-0.05, 0) is 47.0 Å². The number of imidazole rings is 1. The molecule has 12 heteroatoms. The van der Waals surface area contributed by atoms with Crippen LogP contribution in [0, 0.1) is 0 Å². The quantitative estimate of drug-likeness (QED) is 0.270. The number of hydrogen-bond donors (Lipinski definition) is 4. The maximum Gasteiger partial charge on any atom is 0.258 e. The number of hydrogen-bond acceptors (Lipinski definition) is 10. The molecule has 0 radical (unpaired) electrons. The number of nitrogens with one attached hydrogen (secondary N) is 1. The Kier molecular flexibility index (Phi) is 7.16. The minimum absolute atomic E-state index is 0.0225. The molecule has 0 aliphatic carbocycles. The van der Waals surface area contributed by atoms with Crippen LogP contribution in [-0.2, 0) is 10.2 Å². The van der Waals surface area contributed by atoms with Crippen LogP contribution in [0.1, 0.15) is 42.9 Å². The molecule has 0 unspecified atom stereocenters. The zero-order valence-electron chi connectivity index (χ0n) is 21.0. The molecule has 1 saturated heterocycles. The van der Waals surface area contributed by atoms with E-state index in [0.717, 1.165) is 5.56 Å². The molecule has 5 rings (SSSR count). The largest absolute Gasteiger partial charge is 0.394 e. The van der Waals surface area contributed by atoms with Gasteiger partial charge in [-0.2, -0.15) is 4.98 Å². The van der Waals surface area contributed by atoms with Gasteiger partial charge in [-0.3, -0.25) is 14.7 Å². The number of carbonyl (C=O) groups excluding carboxylic acids is 1. The van der Waals surface area contributed by atoms with Crippen LogP contribution in [0.3, 0.4) is 0 Å². The molecular weight excluding hydrogens is 508 g/mol. The Balaban J connectivity index is 1.52. The summed E-state index contributed by atoms with van der Waals surface area (Å²) in [6.45, 7) is 5.83. The van der Waals surface area contributed by atoms with Crippen LogP contribution in [0.4, 0.5) is 5.95 Å². The van der Waals surface area contributed by atoms with Crippen molar-refractivity contribution in [3.05, 3.63) is 66.1 Å². The van der Waals surface area contributed by atoms with Crippen LogP contribution in [-0.4, -0.2) is 70.6 Å². The van der Waals surface area contributed by atoms with Crippen molar-refractivity contribution in [2.45, 2.75) is 60.8 Å². The van der Waals surface area contributed by atoms with E-state index in [0.29, 0.717) is 21.1 Å². The van der Waals surface area contributed by atoms with Crippen LogP contribution < -0.4 is 5.32 Å². The molecule has 4 N–H and O–H groups in total. The van der Waals surface area contributed by atoms with E-state index in [-0.39, 0.29) is 17.0 Å². The maximum atomic E-state index is 13.1. The fraction of sp³-hybridized carbons (Fsp3) is 0.346. The smallest absolute Gasteiger partial charge is 0.258 e. The van der Waals surface area contributed by atoms with Gasteiger partial charge in [0.15, 0.2) is 11.9 Å². The predicted molar refractivity (Wildman–Crippen MR) is 140 cm³/mol. The summed E-state index contributed by atoms with van der Waals surface area (Å²) in [6.07, 6.45) is -1.57. The fourth-order valence-electron chi connectivity index (χ4n) is 4.12. The Hall–Kier alpha value is -3.42. The van der Waals surface area contributed by atoms with Crippen LogP contribution in [0.2, 0.25) is 0 Å². The van der Waals surface area contributed by atoms with Gasteiger partial charge in [0.2, 0.25) is 5.95 Å². The molecule has 4 aromatic rings. The van der Waals surface area contributed by atoms with Crippen LogP contribution >= 0.6 is 11.8 Å². The average Bonchev–Trinajstić information content (AvgIpc) is 3.44. The van der Waals surface area contributed by atoms with Gasteiger partial charge in [-0.1, -0.05) is 39.0 Å². The highest BCUT2D eigenvalue weighted by Crippen LogP contribution is 2.35. The summed E-state index contributed by atoms with van der Waals surface area (Å²) in [6, 6.07) is 12.8. The number of amides is 1. The van der Waals surface area contributed by atoms with E-state index < -0.39 is 37.1 Å². The topological polar surface area (TPSA) is 156 Å². The highest BCUT2D eigenvalue weighted by atomic mass is 32.2. The molecule has 1 amide bonds. The molecule has 0 spiro atoms. The third-order valence-corrected chi connectivity index (χ3v) is 7.19. The molecule has 198 valence electrons. The number of pyridine rings is 1. The molecule has 1 aliphatic rings. The molecule has 4 heterocycles. The van der Waals surface area contributed by atoms with Gasteiger partial charge in [-0.15, -0.1) is 0 Å². The lowest BCUT2D eigenvalue weighted by Crippen LogP contribution is -2.33. The number of rotatable bonds is 6. The second-order valence-electron chi connectivity index (χ2n) is 9.96. The van der Waals surface area contributed by atoms with Gasteiger partial charge < -0.3 is 20.1 Å². The number of anilines is 1. The van der Waals surface area contributed by atoms with Crippen molar-refractivity contribution in [3.63, 3.8) is 0 Å². The van der Waals surface area contributed by atoms with Crippen molar-refractivity contribution in [2.75, 3.05) is 11.9 Å². The SMILES string of the molecule is CC(C)(C)c1ccc(C(=O)Nc2nc(Sc3ccccn3)c3ncn([C@@H]4O[C@H](CO)[C@@H](O)[C@H]4O)c3n2)cc1. The monoisotopic (exact) mass is 536 g/mol. The summed E-state index contributed by atoms with van der Waals surface area (Å²) < 4.78 is 7.14. The lowest BCUT2D eigenvalue weighted by atomic mass is 9.87. The van der Waals surface area contributed by atoms with E-state index in [1.807, 2.05) is 24.3 Å². The zero-order chi connectivity index (χ0) is 27.0. The lowest BCUT2D eigenvalue weighted by molar-refractivity contribution is -0.0511. The molecule has 4 atom stereocenters. The Morgan fingerprint density at radius 1 is 1.08 bits per heavy atom. The van der Waals surface area contributed by atoms with Crippen molar-refractivity contribution in [2.24, 2.45) is 0 Å². The van der Waals surface area contributed by atoms with Crippen molar-refractivity contribution < 1.29 is 24.9 Å². The van der Waals surface area contributed by atoms with Crippen molar-refractivity contribution >= 4 is 34.8 Å². The predicted octanol–water partition coefficient (Wildman–Crippen LogP) is 2.53. The van der Waals surface area contributed by atoms with E-state index in [2.05, 4.69) is 46.0 Å². The van der Waals surface area contributed by atoms with Crippen LogP contribution in [0.5, 0.6) is 0 Å². The van der Waals surface area contributed by atoms with Gasteiger partial charge in [0, 0.05) is 11.8 Å². The molecule has 1 fully saturated rings. The number of ether oxygens (including phenoxy) is 1. The zero-order valence-corrected chi connectivity index (χ0v) is 21.8. The Morgan fingerprint density at radius 2 is 1.84 bits per heavy atom. The maximum absolute atomic E-state index is 13.1. The molecular formula is C26H28N6O5S. The summed E-state index contributed by atoms with van der Waals surface area (Å²) in [5.41, 5.74) is 2.16. The lowest BCUT2D eigenvalue weighted by Gasteiger charge is -2.19. The first-order valence-corrected chi connectivity index (χ1v) is 12.8. The number of aromatic nitrogens is 5. The second kappa shape index (κ2) is 10.4. The third-order valence-electron chi connectivity index (χ3n) is 6.26. The second-order valence-corrected chi connectivity index (χ2v) is 11.0. The molecule has 1 aromatic carbocycles. The molecule has 0 saturated carbocycles. The summed E-state index contributed by atoms with van der Waals surface area (Å²) in [5.74, 6) is -0.369. The molecule has 1 aliphatic heterocycles. The number of benzene rings is 1. The van der Waals surface area contributed by atoms with E-state index in [9.17, 15) is 20.1 Å². The molecule has 38 heavy (non-hydrogen) atoms. The Morgan fingerprint density at radius 3 is 2.47 bits per heavy atom. The van der Waals surface area contributed by atoms with Gasteiger partial charge >= 0.3 is 0 Å². The summed E-state index contributed by atoms with van der Waals surface area (Å²) in [4.78, 5) is 30.9. The molecule has 3 aromatic heterocycles. The average molecular weight is 537 g/mol. The first kappa shape index (κ1) is 26.2. The molecule has 11 nitrogen and oxygen atoms in total. The summed E-state index contributed by atoms with van der Waals surface area (Å²) in [7, 11) is 0. The van der Waals surface area contributed by atoms with E-state index >= 15 is 0 Å². The van der Waals surface area contributed by atoms with Crippen molar-refractivity contribution in [1.82, 2.24) is 24.5 Å². The van der Waals surface area contributed by atoms with Crippen molar-refractivity contribution in [3.8, 4) is 0 Å². The normalized spacial score (nSPS) is 21.6. The first-order chi connectivity index (χ1) is 18.2. The van der Waals surface area contributed by atoms with E-state index in [1.165, 1.54) is 22.7 Å². The van der Waals surface area contributed by atoms with E-state index in [4.69, 9.17) is 4.74 Å². The fourth-order valence-corrected chi connectivity index (χ4v) is 4.95. The summed E-state index contributed by atoms with van der Waals surface area (Å²) >= 11 is 1.24. The number of nitrogens with zero attached hydrogens (tertiary/aromatic N) is 5. The minimum atomic E-state index is -1.33. The van der Waals surface area contributed by atoms with Crippen LogP contribution in [0.25, 0.3) is 11.2 Å². The third kappa shape index (κ3) is 5.13. The van der Waals surface area contributed by atoms with Gasteiger partial charge in [0.25, 0.3) is 5.91 Å². The van der Waals surface area contributed by atoms with E-state index in [1.54, 1.807) is 24.4 Å². The minimum Gasteiger partial charge on any atom is -0.394 e. The first-order valence-electron chi connectivity index (χ1n) is 12.0. The van der Waals surface area contributed by atoms with Crippen LogP contribution in [0.15, 0.2) is 65.0 Å². The number of carbonyl (C=O) groups is 1. The van der Waals surface area contributed by atoms with Crippen molar-refractivity contribution in [1.29, 1.82) is 0 Å². The summed E-state index contributed by atoms with van der Waals surface area (Å²) in [5, 5.41) is 34.2. The number of fused-ring (bicyclic) bond motifs is 1. The standard InChI is InChI=1S/C26H28N6O5S/c1-26(2,3)15-9-7-14(8-10-15)22(36)30-25-29-21-18(23(31-25)38-17-6-4-5-11-27-17)28-13-32(21)24-20(35)19(34)16(12-33)37-24/h4-11,13,16,19-20,24,33-35H,12H2,1-3H3,(H,29,30,31,36)/t16-,19-,20-,24-/m1/s1. The highest BCUT2D eigenvalue weighted by molar-refractivity contribution is 7.99. The Labute approximate surface area is 222 Å². The highest BCUT2D eigenvalue weighted by Gasteiger charge is 2.44.